The summed E-state index contributed by atoms with van der Waals surface area (Å²) in [5.74, 6) is -2.10. The summed E-state index contributed by atoms with van der Waals surface area (Å²) in [6.07, 6.45) is 0.151. The zero-order valence-electron chi connectivity index (χ0n) is 11.7. The molecule has 0 unspecified atom stereocenters. The van der Waals surface area contributed by atoms with Crippen molar-refractivity contribution in [1.29, 1.82) is 5.26 Å². The molecule has 0 aliphatic rings. The molecule has 0 aliphatic heterocycles. The lowest BCUT2D eigenvalue weighted by atomic mass is 9.95. The van der Waals surface area contributed by atoms with Gasteiger partial charge in [-0.3, -0.25) is 4.79 Å². The number of benzene rings is 1. The predicted molar refractivity (Wildman–Crippen MR) is 72.5 cm³/mol. The molecule has 0 spiro atoms. The molecule has 0 aromatic heterocycles. The second-order valence-corrected chi connectivity index (χ2v) is 4.64. The largest absolute Gasteiger partial charge is 0.504 e. The number of hydrogen-bond donors (Lipinski definition) is 3. The highest BCUT2D eigenvalue weighted by atomic mass is 16.5. The first-order valence-electron chi connectivity index (χ1n) is 6.14. The van der Waals surface area contributed by atoms with Gasteiger partial charge in [0.15, 0.2) is 11.5 Å². The molecule has 21 heavy (non-hydrogen) atoms. The minimum Gasteiger partial charge on any atom is -0.504 e. The van der Waals surface area contributed by atoms with Crippen molar-refractivity contribution in [2.24, 2.45) is 0 Å². The molecule has 7 nitrogen and oxygen atoms in total. The summed E-state index contributed by atoms with van der Waals surface area (Å²) in [5, 5.41) is 29.7. The van der Waals surface area contributed by atoms with Crippen molar-refractivity contribution in [3.8, 4) is 17.6 Å². The van der Waals surface area contributed by atoms with Crippen molar-refractivity contribution in [3.63, 3.8) is 0 Å². The number of esters is 1. The normalized spacial score (nSPS) is 12.8. The van der Waals surface area contributed by atoms with Gasteiger partial charge in [-0.1, -0.05) is 0 Å². The summed E-state index contributed by atoms with van der Waals surface area (Å²) in [4.78, 5) is 23.9. The number of ether oxygens (including phenoxy) is 1. The second kappa shape index (κ2) is 6.61. The molecule has 7 heteroatoms. The molecule has 0 saturated heterocycles. The van der Waals surface area contributed by atoms with E-state index in [1.165, 1.54) is 20.1 Å². The molecule has 1 aromatic rings. The van der Waals surface area contributed by atoms with Crippen LogP contribution in [-0.2, 0) is 9.53 Å². The number of phenolic OH excluding ortho intramolecular Hbond substituents is 2. The van der Waals surface area contributed by atoms with Gasteiger partial charge in [0.25, 0.3) is 5.91 Å². The minimum absolute atomic E-state index is 0.0622. The van der Waals surface area contributed by atoms with Crippen LogP contribution in [0.5, 0.6) is 11.5 Å². The van der Waals surface area contributed by atoms with Gasteiger partial charge in [0.05, 0.1) is 13.2 Å². The number of carbonyl (C=O) groups excluding carboxylic acids is 2. The van der Waals surface area contributed by atoms with Crippen LogP contribution in [0.15, 0.2) is 18.2 Å². The molecule has 112 valence electrons. The Morgan fingerprint density at radius 1 is 1.38 bits per heavy atom. The maximum absolute atomic E-state index is 12.1. The van der Waals surface area contributed by atoms with Crippen LogP contribution in [0.3, 0.4) is 0 Å². The Morgan fingerprint density at radius 3 is 2.57 bits per heavy atom. The van der Waals surface area contributed by atoms with Crippen molar-refractivity contribution in [2.75, 3.05) is 7.11 Å². The summed E-state index contributed by atoms with van der Waals surface area (Å²) in [7, 11) is 1.19. The maximum Gasteiger partial charge on any atom is 0.331 e. The Morgan fingerprint density at radius 2 is 2.05 bits per heavy atom. The molecule has 1 aromatic carbocycles. The van der Waals surface area contributed by atoms with Gasteiger partial charge in [-0.05, 0) is 31.5 Å². The van der Waals surface area contributed by atoms with Crippen LogP contribution in [0.4, 0.5) is 0 Å². The molecule has 0 bridgehead atoms. The summed E-state index contributed by atoms with van der Waals surface area (Å²) in [6.45, 7) is 1.45. The van der Waals surface area contributed by atoms with Gasteiger partial charge in [-0.25, -0.2) is 4.79 Å². The summed E-state index contributed by atoms with van der Waals surface area (Å²) < 4.78 is 4.64. The average molecular weight is 292 g/mol. The highest BCUT2D eigenvalue weighted by molar-refractivity contribution is 5.98. The lowest BCUT2D eigenvalue weighted by Crippen LogP contribution is -2.52. The fourth-order valence-electron chi connectivity index (χ4n) is 1.73. The van der Waals surface area contributed by atoms with Gasteiger partial charge >= 0.3 is 5.97 Å². The molecule has 0 aliphatic carbocycles. The summed E-state index contributed by atoms with van der Waals surface area (Å²) in [5.41, 5.74) is -1.29. The van der Waals surface area contributed by atoms with Crippen LogP contribution < -0.4 is 5.32 Å². The first-order valence-corrected chi connectivity index (χ1v) is 6.14. The Hall–Kier alpha value is -2.75. The Bertz CT molecular complexity index is 594. The SMILES string of the molecule is COC(=O)[C@@](C)(CCC#N)NC(=O)c1ccc(O)c(O)c1. The number of rotatable bonds is 5. The van der Waals surface area contributed by atoms with E-state index in [0.29, 0.717) is 0 Å². The fraction of sp³-hybridized carbons (Fsp3) is 0.357. The number of amides is 1. The third-order valence-electron chi connectivity index (χ3n) is 3.00. The van der Waals surface area contributed by atoms with Crippen molar-refractivity contribution >= 4 is 11.9 Å². The van der Waals surface area contributed by atoms with Crippen LogP contribution in [0.1, 0.15) is 30.1 Å². The monoisotopic (exact) mass is 292 g/mol. The van der Waals surface area contributed by atoms with E-state index in [1.54, 1.807) is 0 Å². The van der Waals surface area contributed by atoms with Gasteiger partial charge in [-0.15, -0.1) is 0 Å². The number of nitrogens with zero attached hydrogens (tertiary/aromatic N) is 1. The van der Waals surface area contributed by atoms with Gasteiger partial charge in [0, 0.05) is 12.0 Å². The van der Waals surface area contributed by atoms with Crippen molar-refractivity contribution < 1.29 is 24.5 Å². The van der Waals surface area contributed by atoms with Gasteiger partial charge in [-0.2, -0.15) is 5.26 Å². The zero-order valence-corrected chi connectivity index (χ0v) is 11.7. The molecule has 1 amide bonds. The average Bonchev–Trinajstić information content (AvgIpc) is 2.46. The Balaban J connectivity index is 2.97. The van der Waals surface area contributed by atoms with E-state index in [4.69, 9.17) is 5.26 Å². The van der Waals surface area contributed by atoms with E-state index in [-0.39, 0.29) is 24.2 Å². The maximum atomic E-state index is 12.1. The van der Waals surface area contributed by atoms with E-state index < -0.39 is 23.2 Å². The third kappa shape index (κ3) is 3.86. The first-order chi connectivity index (χ1) is 9.84. The molecular weight excluding hydrogens is 276 g/mol. The standard InChI is InChI=1S/C14H16N2O5/c1-14(6-3-7-15,13(20)21-2)16-12(19)9-4-5-10(17)11(18)8-9/h4-5,8,17-18H,3,6H2,1-2H3,(H,16,19)/t14-/m1/s1. The van der Waals surface area contributed by atoms with E-state index in [9.17, 15) is 19.8 Å². The number of methoxy groups -OCH3 is 1. The van der Waals surface area contributed by atoms with E-state index in [0.717, 1.165) is 12.1 Å². The predicted octanol–water partition coefficient (Wildman–Crippen LogP) is 1.06. The zero-order chi connectivity index (χ0) is 16.0. The summed E-state index contributed by atoms with van der Waals surface area (Å²) >= 11 is 0. The number of hydrogen-bond acceptors (Lipinski definition) is 6. The molecule has 0 fully saturated rings. The second-order valence-electron chi connectivity index (χ2n) is 4.64. The van der Waals surface area contributed by atoms with Gasteiger partial charge in [0.2, 0.25) is 0 Å². The molecular formula is C14H16N2O5. The van der Waals surface area contributed by atoms with Crippen LogP contribution in [0, 0.1) is 11.3 Å². The van der Waals surface area contributed by atoms with E-state index in [1.807, 2.05) is 6.07 Å². The Labute approximate surface area is 121 Å². The molecule has 3 N–H and O–H groups in total. The molecule has 0 saturated carbocycles. The number of nitrogens with one attached hydrogen (secondary N) is 1. The van der Waals surface area contributed by atoms with Crippen LogP contribution in [-0.4, -0.2) is 34.7 Å². The first kappa shape index (κ1) is 16.3. The highest BCUT2D eigenvalue weighted by Crippen LogP contribution is 2.25. The minimum atomic E-state index is -1.35. The molecule has 1 rings (SSSR count). The molecule has 1 atom stereocenters. The van der Waals surface area contributed by atoms with Crippen molar-refractivity contribution in [3.05, 3.63) is 23.8 Å². The number of phenols is 2. The van der Waals surface area contributed by atoms with Gasteiger partial charge < -0.3 is 20.3 Å². The Kier molecular flexibility index (Phi) is 5.13. The topological polar surface area (TPSA) is 120 Å². The lowest BCUT2D eigenvalue weighted by Gasteiger charge is -2.27. The van der Waals surface area contributed by atoms with Crippen LogP contribution in [0.2, 0.25) is 0 Å². The third-order valence-corrected chi connectivity index (χ3v) is 3.00. The highest BCUT2D eigenvalue weighted by Gasteiger charge is 2.36. The molecule has 0 heterocycles. The number of carbonyl (C=O) groups is 2. The van der Waals surface area contributed by atoms with Crippen LogP contribution >= 0.6 is 0 Å². The van der Waals surface area contributed by atoms with E-state index >= 15 is 0 Å². The number of aromatic hydroxyl groups is 2. The molecule has 0 radical (unpaired) electrons. The van der Waals surface area contributed by atoms with Crippen molar-refractivity contribution in [2.45, 2.75) is 25.3 Å². The number of nitriles is 1. The quantitative estimate of drug-likeness (QED) is 0.551. The summed E-state index contributed by atoms with van der Waals surface area (Å²) in [6, 6.07) is 5.44. The van der Waals surface area contributed by atoms with Gasteiger partial charge in [0.1, 0.15) is 5.54 Å². The smallest absolute Gasteiger partial charge is 0.331 e. The van der Waals surface area contributed by atoms with Crippen LogP contribution in [0.25, 0.3) is 0 Å². The van der Waals surface area contributed by atoms with Crippen molar-refractivity contribution in [1.82, 2.24) is 5.32 Å². The lowest BCUT2D eigenvalue weighted by molar-refractivity contribution is -0.147. The fourth-order valence-corrected chi connectivity index (χ4v) is 1.73. The van der Waals surface area contributed by atoms with E-state index in [2.05, 4.69) is 10.1 Å².